The van der Waals surface area contributed by atoms with Crippen LogP contribution in [0.2, 0.25) is 0 Å². The number of alkyl halides is 4. The van der Waals surface area contributed by atoms with Crippen LogP contribution >= 0.6 is 11.6 Å². The van der Waals surface area contributed by atoms with Crippen LogP contribution in [0.25, 0.3) is 0 Å². The predicted molar refractivity (Wildman–Crippen MR) is 70.7 cm³/mol. The van der Waals surface area contributed by atoms with Crippen molar-refractivity contribution in [2.75, 3.05) is 13.1 Å². The lowest BCUT2D eigenvalue weighted by Gasteiger charge is -2.27. The van der Waals surface area contributed by atoms with Crippen LogP contribution in [-0.4, -0.2) is 30.1 Å². The molecule has 1 amide bonds. The standard InChI is InChI=1S/C14H13ClF3NO/c15-9-10-2-1-3-11(8-10)13(20)19-6-4-12(5-7-19)14(16,17)18/h1-4,8H,5-7,9H2. The minimum atomic E-state index is -4.30. The first-order valence-electron chi connectivity index (χ1n) is 6.12. The summed E-state index contributed by atoms with van der Waals surface area (Å²) in [5, 5.41) is 0. The molecular formula is C14H13ClF3NO. The largest absolute Gasteiger partial charge is 0.412 e. The van der Waals surface area contributed by atoms with Gasteiger partial charge in [-0.3, -0.25) is 4.79 Å². The molecule has 0 atom stereocenters. The molecular weight excluding hydrogens is 291 g/mol. The van der Waals surface area contributed by atoms with Gasteiger partial charge < -0.3 is 4.90 Å². The van der Waals surface area contributed by atoms with Crippen molar-refractivity contribution in [3.8, 4) is 0 Å². The fourth-order valence-electron chi connectivity index (χ4n) is 2.08. The zero-order valence-corrected chi connectivity index (χ0v) is 11.3. The summed E-state index contributed by atoms with van der Waals surface area (Å²) in [5.74, 6) is 0.0219. The van der Waals surface area contributed by atoms with Gasteiger partial charge in [-0.2, -0.15) is 13.2 Å². The molecule has 2 nitrogen and oxygen atoms in total. The average Bonchev–Trinajstić information content (AvgIpc) is 2.46. The Morgan fingerprint density at radius 3 is 2.65 bits per heavy atom. The van der Waals surface area contributed by atoms with Crippen LogP contribution in [0.4, 0.5) is 13.2 Å². The van der Waals surface area contributed by atoms with Crippen molar-refractivity contribution in [3.05, 3.63) is 47.0 Å². The van der Waals surface area contributed by atoms with E-state index in [2.05, 4.69) is 0 Å². The molecule has 0 radical (unpaired) electrons. The maximum absolute atomic E-state index is 12.5. The Balaban J connectivity index is 2.10. The number of hydrogen-bond acceptors (Lipinski definition) is 1. The molecule has 0 saturated heterocycles. The molecule has 0 bridgehead atoms. The smallest absolute Gasteiger partial charge is 0.335 e. The van der Waals surface area contributed by atoms with E-state index in [0.717, 1.165) is 11.6 Å². The molecule has 1 heterocycles. The van der Waals surface area contributed by atoms with Gasteiger partial charge in [-0.25, -0.2) is 0 Å². The van der Waals surface area contributed by atoms with Gasteiger partial charge in [0.05, 0.1) is 0 Å². The monoisotopic (exact) mass is 303 g/mol. The van der Waals surface area contributed by atoms with Gasteiger partial charge in [-0.15, -0.1) is 11.6 Å². The molecule has 0 aliphatic carbocycles. The summed E-state index contributed by atoms with van der Waals surface area (Å²) in [6.45, 7) is 0.0636. The maximum Gasteiger partial charge on any atom is 0.412 e. The summed E-state index contributed by atoms with van der Waals surface area (Å²) < 4.78 is 37.5. The lowest BCUT2D eigenvalue weighted by Crippen LogP contribution is -2.36. The summed E-state index contributed by atoms with van der Waals surface area (Å²) in [6.07, 6.45) is -3.38. The molecule has 6 heteroatoms. The van der Waals surface area contributed by atoms with E-state index in [1.165, 1.54) is 4.90 Å². The van der Waals surface area contributed by atoms with Crippen LogP contribution in [0.3, 0.4) is 0 Å². The molecule has 1 aromatic carbocycles. The number of benzene rings is 1. The molecule has 0 aromatic heterocycles. The molecule has 1 aliphatic heterocycles. The molecule has 1 aliphatic rings. The molecule has 1 aromatic rings. The molecule has 0 N–H and O–H groups in total. The Hall–Kier alpha value is -1.49. The normalized spacial score (nSPS) is 16.0. The van der Waals surface area contributed by atoms with E-state index in [4.69, 9.17) is 11.6 Å². The van der Waals surface area contributed by atoms with Crippen LogP contribution in [0.15, 0.2) is 35.9 Å². The average molecular weight is 304 g/mol. The van der Waals surface area contributed by atoms with Crippen molar-refractivity contribution < 1.29 is 18.0 Å². The van der Waals surface area contributed by atoms with Gasteiger partial charge in [0.1, 0.15) is 0 Å². The van der Waals surface area contributed by atoms with Crippen molar-refractivity contribution in [2.45, 2.75) is 18.5 Å². The second kappa shape index (κ2) is 5.87. The third-order valence-electron chi connectivity index (χ3n) is 3.19. The molecule has 0 saturated carbocycles. The first-order chi connectivity index (χ1) is 9.41. The zero-order chi connectivity index (χ0) is 14.8. The highest BCUT2D eigenvalue weighted by atomic mass is 35.5. The van der Waals surface area contributed by atoms with Crippen LogP contribution < -0.4 is 0 Å². The third-order valence-corrected chi connectivity index (χ3v) is 3.50. The van der Waals surface area contributed by atoms with Gasteiger partial charge in [0, 0.05) is 30.1 Å². The van der Waals surface area contributed by atoms with Crippen LogP contribution in [0, 0.1) is 0 Å². The number of hydrogen-bond donors (Lipinski definition) is 0. The number of carbonyl (C=O) groups excluding carboxylic acids is 1. The van der Waals surface area contributed by atoms with Crippen molar-refractivity contribution in [1.82, 2.24) is 4.90 Å². The summed E-state index contributed by atoms with van der Waals surface area (Å²) in [4.78, 5) is 13.6. The van der Waals surface area contributed by atoms with E-state index < -0.39 is 11.7 Å². The molecule has 0 spiro atoms. The van der Waals surface area contributed by atoms with Gasteiger partial charge in [-0.05, 0) is 24.1 Å². The minimum absolute atomic E-state index is 0.0151. The highest BCUT2D eigenvalue weighted by molar-refractivity contribution is 6.17. The van der Waals surface area contributed by atoms with E-state index in [9.17, 15) is 18.0 Å². The van der Waals surface area contributed by atoms with E-state index in [1.54, 1.807) is 24.3 Å². The van der Waals surface area contributed by atoms with Gasteiger partial charge in [-0.1, -0.05) is 18.2 Å². The second-order valence-electron chi connectivity index (χ2n) is 4.56. The summed E-state index contributed by atoms with van der Waals surface area (Å²) >= 11 is 5.70. The van der Waals surface area contributed by atoms with Gasteiger partial charge in [0.2, 0.25) is 0 Å². The third kappa shape index (κ3) is 3.33. The SMILES string of the molecule is O=C(c1cccc(CCl)c1)N1CC=C(C(F)(F)F)CC1. The Labute approximate surface area is 119 Å². The van der Waals surface area contributed by atoms with Crippen LogP contribution in [0.1, 0.15) is 22.3 Å². The van der Waals surface area contributed by atoms with Crippen molar-refractivity contribution in [3.63, 3.8) is 0 Å². The lowest BCUT2D eigenvalue weighted by atomic mass is 10.1. The van der Waals surface area contributed by atoms with E-state index in [1.807, 2.05) is 0 Å². The van der Waals surface area contributed by atoms with Gasteiger partial charge in [0.25, 0.3) is 5.91 Å². The summed E-state index contributed by atoms with van der Waals surface area (Å²) in [7, 11) is 0. The summed E-state index contributed by atoms with van der Waals surface area (Å²) in [5.41, 5.74) is 0.698. The number of rotatable bonds is 2. The zero-order valence-electron chi connectivity index (χ0n) is 10.6. The number of halogens is 4. The molecule has 0 fully saturated rings. The van der Waals surface area contributed by atoms with E-state index in [0.29, 0.717) is 11.4 Å². The number of amides is 1. The van der Waals surface area contributed by atoms with Crippen LogP contribution in [-0.2, 0) is 5.88 Å². The lowest BCUT2D eigenvalue weighted by molar-refractivity contribution is -0.0957. The van der Waals surface area contributed by atoms with E-state index >= 15 is 0 Å². The molecule has 108 valence electrons. The molecule has 0 unspecified atom stereocenters. The Bertz CT molecular complexity index is 539. The first-order valence-corrected chi connectivity index (χ1v) is 6.65. The first kappa shape index (κ1) is 14.9. The van der Waals surface area contributed by atoms with Crippen molar-refractivity contribution in [2.24, 2.45) is 0 Å². The molecule has 20 heavy (non-hydrogen) atoms. The Morgan fingerprint density at radius 1 is 1.35 bits per heavy atom. The topological polar surface area (TPSA) is 20.3 Å². The number of carbonyl (C=O) groups is 1. The Kier molecular flexibility index (Phi) is 4.38. The maximum atomic E-state index is 12.5. The summed E-state index contributed by atoms with van der Waals surface area (Å²) in [6, 6.07) is 6.81. The van der Waals surface area contributed by atoms with Crippen molar-refractivity contribution >= 4 is 17.5 Å². The van der Waals surface area contributed by atoms with Gasteiger partial charge in [0.15, 0.2) is 0 Å². The van der Waals surface area contributed by atoms with Crippen LogP contribution in [0.5, 0.6) is 0 Å². The van der Waals surface area contributed by atoms with E-state index in [-0.39, 0.29) is 25.4 Å². The second-order valence-corrected chi connectivity index (χ2v) is 4.83. The highest BCUT2D eigenvalue weighted by Crippen LogP contribution is 2.30. The highest BCUT2D eigenvalue weighted by Gasteiger charge is 2.35. The Morgan fingerprint density at radius 2 is 2.10 bits per heavy atom. The van der Waals surface area contributed by atoms with Crippen molar-refractivity contribution in [1.29, 1.82) is 0 Å². The predicted octanol–water partition coefficient (Wildman–Crippen LogP) is 3.76. The van der Waals surface area contributed by atoms with Gasteiger partial charge >= 0.3 is 6.18 Å². The minimum Gasteiger partial charge on any atom is -0.335 e. The number of nitrogens with zero attached hydrogens (tertiary/aromatic N) is 1. The fourth-order valence-corrected chi connectivity index (χ4v) is 2.25. The quantitative estimate of drug-likeness (QED) is 0.602. The fraction of sp³-hybridized carbons (Fsp3) is 0.357. The molecule has 2 rings (SSSR count).